The first kappa shape index (κ1) is 15.5. The van der Waals surface area contributed by atoms with Gasteiger partial charge >= 0.3 is 0 Å². The highest BCUT2D eigenvalue weighted by molar-refractivity contribution is 5.83. The number of aromatic hydroxyl groups is 2. The average molecular weight is 316 g/mol. The number of hydrogen-bond acceptors (Lipinski definition) is 4. The molecule has 0 radical (unpaired) electrons. The lowest BCUT2D eigenvalue weighted by atomic mass is 10.2. The summed E-state index contributed by atoms with van der Waals surface area (Å²) >= 11 is 0. The Morgan fingerprint density at radius 1 is 0.500 bits per heavy atom. The van der Waals surface area contributed by atoms with Crippen LogP contribution in [0.2, 0.25) is 0 Å². The van der Waals surface area contributed by atoms with Crippen LogP contribution in [0.15, 0.2) is 82.8 Å². The largest absolute Gasteiger partial charge is 0.508 e. The molecule has 0 fully saturated rings. The van der Waals surface area contributed by atoms with E-state index in [-0.39, 0.29) is 11.5 Å². The molecule has 0 aliphatic carbocycles. The number of nitrogens with zero attached hydrogens (tertiary/aromatic N) is 2. The quantitative estimate of drug-likeness (QED) is 0.691. The van der Waals surface area contributed by atoms with Gasteiger partial charge in [-0.25, -0.2) is 0 Å². The Balaban J connectivity index is 1.66. The third kappa shape index (κ3) is 4.30. The van der Waals surface area contributed by atoms with Crippen molar-refractivity contribution in [3.05, 3.63) is 83.9 Å². The van der Waals surface area contributed by atoms with Crippen LogP contribution in [-0.2, 0) is 0 Å². The minimum absolute atomic E-state index is 0.239. The van der Waals surface area contributed by atoms with Crippen LogP contribution in [-0.4, -0.2) is 22.6 Å². The zero-order valence-corrected chi connectivity index (χ0v) is 12.9. The van der Waals surface area contributed by atoms with Gasteiger partial charge in [-0.1, -0.05) is 0 Å². The van der Waals surface area contributed by atoms with E-state index in [1.165, 1.54) is 0 Å². The van der Waals surface area contributed by atoms with Crippen molar-refractivity contribution >= 4 is 23.8 Å². The van der Waals surface area contributed by atoms with E-state index in [1.807, 2.05) is 24.3 Å². The Bertz CT molecular complexity index is 775. The summed E-state index contributed by atoms with van der Waals surface area (Å²) in [5.41, 5.74) is 3.49. The molecule has 0 atom stereocenters. The molecule has 4 heteroatoms. The highest BCUT2D eigenvalue weighted by Crippen LogP contribution is 2.19. The Morgan fingerprint density at radius 3 is 1.17 bits per heavy atom. The molecule has 0 spiro atoms. The van der Waals surface area contributed by atoms with Crippen molar-refractivity contribution in [2.45, 2.75) is 0 Å². The van der Waals surface area contributed by atoms with E-state index in [0.29, 0.717) is 0 Å². The molecule has 0 aromatic heterocycles. The lowest BCUT2D eigenvalue weighted by molar-refractivity contribution is 0.475. The summed E-state index contributed by atoms with van der Waals surface area (Å²) in [5, 5.41) is 18.5. The van der Waals surface area contributed by atoms with Gasteiger partial charge in [0.15, 0.2) is 0 Å². The Hall–Kier alpha value is -3.40. The van der Waals surface area contributed by atoms with Crippen LogP contribution in [0.5, 0.6) is 11.5 Å². The smallest absolute Gasteiger partial charge is 0.115 e. The van der Waals surface area contributed by atoms with Crippen molar-refractivity contribution < 1.29 is 10.2 Å². The standard InChI is InChI=1S/C20H16N2O2/c23-19-9-1-15(2-10-19)13-21-17-5-7-18(8-6-17)22-14-16-3-11-20(24)12-4-16/h1-14,23-24H/b21-13+,22-14+. The van der Waals surface area contributed by atoms with Crippen LogP contribution in [0.1, 0.15) is 11.1 Å². The fourth-order valence-corrected chi connectivity index (χ4v) is 2.04. The molecule has 0 amide bonds. The van der Waals surface area contributed by atoms with E-state index in [0.717, 1.165) is 22.5 Å². The summed E-state index contributed by atoms with van der Waals surface area (Å²) in [5.74, 6) is 0.478. The lowest BCUT2D eigenvalue weighted by Gasteiger charge is -1.97. The van der Waals surface area contributed by atoms with Gasteiger partial charge in [-0.3, -0.25) is 9.98 Å². The molecular formula is C20H16N2O2. The number of phenols is 2. The van der Waals surface area contributed by atoms with Crippen LogP contribution in [0.4, 0.5) is 11.4 Å². The molecule has 2 N–H and O–H groups in total. The van der Waals surface area contributed by atoms with Gasteiger partial charge in [0.05, 0.1) is 11.4 Å². The molecule has 3 aromatic rings. The van der Waals surface area contributed by atoms with Crippen molar-refractivity contribution in [1.29, 1.82) is 0 Å². The van der Waals surface area contributed by atoms with Gasteiger partial charge < -0.3 is 10.2 Å². The third-order valence-corrected chi connectivity index (χ3v) is 3.36. The fourth-order valence-electron chi connectivity index (χ4n) is 2.04. The third-order valence-electron chi connectivity index (χ3n) is 3.36. The molecule has 3 aromatic carbocycles. The first-order valence-corrected chi connectivity index (χ1v) is 7.45. The fraction of sp³-hybridized carbons (Fsp3) is 0. The maximum Gasteiger partial charge on any atom is 0.115 e. The first-order chi connectivity index (χ1) is 11.7. The van der Waals surface area contributed by atoms with Crippen LogP contribution in [0, 0.1) is 0 Å². The Morgan fingerprint density at radius 2 is 0.833 bits per heavy atom. The normalized spacial score (nSPS) is 11.3. The Labute approximate surface area is 140 Å². The van der Waals surface area contributed by atoms with E-state index in [2.05, 4.69) is 9.98 Å². The van der Waals surface area contributed by atoms with Crippen LogP contribution < -0.4 is 0 Å². The molecule has 3 rings (SSSR count). The highest BCUT2D eigenvalue weighted by atomic mass is 16.3. The van der Waals surface area contributed by atoms with Gasteiger partial charge in [0.25, 0.3) is 0 Å². The first-order valence-electron chi connectivity index (χ1n) is 7.45. The van der Waals surface area contributed by atoms with Crippen molar-refractivity contribution in [2.75, 3.05) is 0 Å². The number of aliphatic imine (C=N–C) groups is 2. The summed E-state index contributed by atoms with van der Waals surface area (Å²) < 4.78 is 0. The molecule has 4 nitrogen and oxygen atoms in total. The maximum atomic E-state index is 9.25. The van der Waals surface area contributed by atoms with Gasteiger partial charge in [0.1, 0.15) is 11.5 Å². The number of hydrogen-bond donors (Lipinski definition) is 2. The van der Waals surface area contributed by atoms with Crippen molar-refractivity contribution in [3.8, 4) is 11.5 Å². The molecule has 0 unspecified atom stereocenters. The van der Waals surface area contributed by atoms with Crippen molar-refractivity contribution in [2.24, 2.45) is 9.98 Å². The number of rotatable bonds is 4. The number of phenolic OH excluding ortho intramolecular Hbond substituents is 2. The molecule has 0 saturated heterocycles. The SMILES string of the molecule is Oc1ccc(/C=N/c2ccc(/N=C/c3ccc(O)cc3)cc2)cc1. The molecule has 0 aliphatic heterocycles. The monoisotopic (exact) mass is 316 g/mol. The molecule has 0 bridgehead atoms. The van der Waals surface area contributed by atoms with Crippen LogP contribution in [0.3, 0.4) is 0 Å². The van der Waals surface area contributed by atoms with E-state index in [1.54, 1.807) is 61.0 Å². The maximum absolute atomic E-state index is 9.25. The van der Waals surface area contributed by atoms with Gasteiger partial charge in [-0.05, 0) is 83.9 Å². The van der Waals surface area contributed by atoms with Crippen molar-refractivity contribution in [1.82, 2.24) is 0 Å². The second-order valence-corrected chi connectivity index (χ2v) is 5.22. The van der Waals surface area contributed by atoms with Crippen molar-refractivity contribution in [3.63, 3.8) is 0 Å². The summed E-state index contributed by atoms with van der Waals surface area (Å²) in [6, 6.07) is 21.3. The van der Waals surface area contributed by atoms with E-state index in [4.69, 9.17) is 0 Å². The predicted molar refractivity (Wildman–Crippen MR) is 97.2 cm³/mol. The Kier molecular flexibility index (Phi) is 4.68. The zero-order chi connectivity index (χ0) is 16.8. The minimum Gasteiger partial charge on any atom is -0.508 e. The average Bonchev–Trinajstić information content (AvgIpc) is 2.62. The van der Waals surface area contributed by atoms with Gasteiger partial charge in [0.2, 0.25) is 0 Å². The summed E-state index contributed by atoms with van der Waals surface area (Å²) in [6.07, 6.45) is 3.49. The number of benzene rings is 3. The van der Waals surface area contributed by atoms with E-state index in [9.17, 15) is 10.2 Å². The van der Waals surface area contributed by atoms with Crippen LogP contribution >= 0.6 is 0 Å². The van der Waals surface area contributed by atoms with Gasteiger partial charge in [-0.2, -0.15) is 0 Å². The van der Waals surface area contributed by atoms with E-state index < -0.39 is 0 Å². The summed E-state index contributed by atoms with van der Waals surface area (Å²) in [4.78, 5) is 8.78. The topological polar surface area (TPSA) is 65.2 Å². The summed E-state index contributed by atoms with van der Waals surface area (Å²) in [6.45, 7) is 0. The molecule has 118 valence electrons. The molecule has 24 heavy (non-hydrogen) atoms. The zero-order valence-electron chi connectivity index (χ0n) is 12.9. The highest BCUT2D eigenvalue weighted by Gasteiger charge is 1.93. The minimum atomic E-state index is 0.239. The second kappa shape index (κ2) is 7.24. The van der Waals surface area contributed by atoms with Gasteiger partial charge in [0, 0.05) is 12.4 Å². The molecule has 0 saturated carbocycles. The summed E-state index contributed by atoms with van der Waals surface area (Å²) in [7, 11) is 0. The molecule has 0 heterocycles. The molecule has 0 aliphatic rings. The van der Waals surface area contributed by atoms with Crippen LogP contribution in [0.25, 0.3) is 0 Å². The van der Waals surface area contributed by atoms with E-state index >= 15 is 0 Å². The molecular weight excluding hydrogens is 300 g/mol. The second-order valence-electron chi connectivity index (χ2n) is 5.22. The van der Waals surface area contributed by atoms with Gasteiger partial charge in [-0.15, -0.1) is 0 Å². The predicted octanol–water partition coefficient (Wildman–Crippen LogP) is 4.60. The lowest BCUT2D eigenvalue weighted by Crippen LogP contribution is -1.79.